The Kier molecular flexibility index (Phi) is 5.71. The standard InChI is InChI=1S/C23H23ClN4OS/c1-15-10-19(28-9-8-25-14-28)16-6-5-7-20(22(16)27-15)29-13-17-18(24)11-26-12-21(17)30-23(2,3)4/h5-12,14H,13H2,1-4H3. The van der Waals surface area contributed by atoms with Gasteiger partial charge in [-0.15, -0.1) is 11.8 Å². The Bertz CT molecular complexity index is 1190. The second kappa shape index (κ2) is 8.28. The van der Waals surface area contributed by atoms with Gasteiger partial charge in [-0.1, -0.05) is 44.5 Å². The number of imidazole rings is 1. The van der Waals surface area contributed by atoms with E-state index in [0.29, 0.717) is 11.6 Å². The average molecular weight is 439 g/mol. The van der Waals surface area contributed by atoms with Crippen molar-refractivity contribution >= 4 is 34.3 Å². The number of rotatable bonds is 5. The van der Waals surface area contributed by atoms with Crippen molar-refractivity contribution in [2.45, 2.75) is 43.9 Å². The molecule has 0 aliphatic carbocycles. The van der Waals surface area contributed by atoms with Gasteiger partial charge in [0.2, 0.25) is 0 Å². The van der Waals surface area contributed by atoms with Crippen molar-refractivity contribution in [2.75, 3.05) is 0 Å². The van der Waals surface area contributed by atoms with Crippen molar-refractivity contribution in [3.63, 3.8) is 0 Å². The Morgan fingerprint density at radius 1 is 1.17 bits per heavy atom. The molecule has 0 aliphatic heterocycles. The van der Waals surface area contributed by atoms with Crippen molar-refractivity contribution in [3.8, 4) is 11.4 Å². The van der Waals surface area contributed by atoms with Crippen molar-refractivity contribution in [3.05, 3.63) is 71.7 Å². The highest BCUT2D eigenvalue weighted by Crippen LogP contribution is 2.37. The summed E-state index contributed by atoms with van der Waals surface area (Å²) in [5, 5.41) is 1.61. The molecule has 4 rings (SSSR count). The highest BCUT2D eigenvalue weighted by molar-refractivity contribution is 8.00. The molecule has 0 N–H and O–H groups in total. The van der Waals surface area contributed by atoms with Gasteiger partial charge in [0.05, 0.1) is 17.0 Å². The largest absolute Gasteiger partial charge is 0.487 e. The van der Waals surface area contributed by atoms with Gasteiger partial charge in [0.15, 0.2) is 0 Å². The first-order valence-electron chi connectivity index (χ1n) is 9.65. The molecule has 0 spiro atoms. The van der Waals surface area contributed by atoms with Gasteiger partial charge in [-0.05, 0) is 19.1 Å². The van der Waals surface area contributed by atoms with Crippen LogP contribution < -0.4 is 4.74 Å². The molecular formula is C23H23ClN4OS. The van der Waals surface area contributed by atoms with E-state index in [1.54, 1.807) is 30.5 Å². The highest BCUT2D eigenvalue weighted by atomic mass is 35.5. The summed E-state index contributed by atoms with van der Waals surface area (Å²) in [6.45, 7) is 8.82. The van der Waals surface area contributed by atoms with Crippen LogP contribution in [0, 0.1) is 6.92 Å². The Morgan fingerprint density at radius 2 is 2.00 bits per heavy atom. The van der Waals surface area contributed by atoms with Gasteiger partial charge in [0.1, 0.15) is 17.9 Å². The molecule has 0 atom stereocenters. The molecule has 4 aromatic rings. The van der Waals surface area contributed by atoms with Crippen LogP contribution in [0.25, 0.3) is 16.6 Å². The Hall–Kier alpha value is -2.57. The van der Waals surface area contributed by atoms with Gasteiger partial charge in [-0.3, -0.25) is 4.98 Å². The van der Waals surface area contributed by atoms with E-state index in [2.05, 4.69) is 30.7 Å². The fourth-order valence-electron chi connectivity index (χ4n) is 3.21. The summed E-state index contributed by atoms with van der Waals surface area (Å²) in [6.07, 6.45) is 8.99. The number of para-hydroxylation sites is 1. The van der Waals surface area contributed by atoms with Crippen LogP contribution in [0.4, 0.5) is 0 Å². The van der Waals surface area contributed by atoms with Crippen LogP contribution in [-0.2, 0) is 6.61 Å². The zero-order valence-corrected chi connectivity index (χ0v) is 19.0. The summed E-state index contributed by atoms with van der Waals surface area (Å²) in [7, 11) is 0. The van der Waals surface area contributed by atoms with E-state index < -0.39 is 0 Å². The maximum atomic E-state index is 6.48. The molecule has 0 aliphatic rings. The molecule has 5 nitrogen and oxygen atoms in total. The van der Waals surface area contributed by atoms with Gasteiger partial charge in [0, 0.05) is 51.1 Å². The predicted octanol–water partition coefficient (Wildman–Crippen LogP) is 6.25. The number of nitrogens with zero attached hydrogens (tertiary/aromatic N) is 4. The third-order valence-corrected chi connectivity index (χ3v) is 5.95. The zero-order valence-electron chi connectivity index (χ0n) is 17.4. The van der Waals surface area contributed by atoms with Crippen LogP contribution in [0.2, 0.25) is 5.02 Å². The van der Waals surface area contributed by atoms with Crippen LogP contribution >= 0.6 is 23.4 Å². The number of thioether (sulfide) groups is 1. The molecule has 0 unspecified atom stereocenters. The van der Waals surface area contributed by atoms with Gasteiger partial charge >= 0.3 is 0 Å². The minimum absolute atomic E-state index is 0.0406. The van der Waals surface area contributed by atoms with Crippen LogP contribution in [0.1, 0.15) is 32.0 Å². The van der Waals surface area contributed by atoms with Crippen LogP contribution in [-0.4, -0.2) is 24.3 Å². The Morgan fingerprint density at radius 3 is 2.73 bits per heavy atom. The van der Waals surface area contributed by atoms with Gasteiger partial charge < -0.3 is 9.30 Å². The molecular weight excluding hydrogens is 416 g/mol. The number of aryl methyl sites for hydroxylation is 1. The van der Waals surface area contributed by atoms with E-state index in [0.717, 1.165) is 38.5 Å². The van der Waals surface area contributed by atoms with E-state index in [9.17, 15) is 0 Å². The van der Waals surface area contributed by atoms with E-state index >= 15 is 0 Å². The lowest BCUT2D eigenvalue weighted by atomic mass is 10.1. The fraction of sp³-hybridized carbons (Fsp3) is 0.261. The summed E-state index contributed by atoms with van der Waals surface area (Å²) in [4.78, 5) is 14.2. The van der Waals surface area contributed by atoms with Crippen molar-refractivity contribution in [2.24, 2.45) is 0 Å². The van der Waals surface area contributed by atoms with Crippen molar-refractivity contribution < 1.29 is 4.74 Å². The number of pyridine rings is 2. The fourth-order valence-corrected chi connectivity index (χ4v) is 4.55. The normalized spacial score (nSPS) is 11.8. The summed E-state index contributed by atoms with van der Waals surface area (Å²) in [5.41, 5.74) is 3.68. The molecule has 30 heavy (non-hydrogen) atoms. The average Bonchev–Trinajstić information content (AvgIpc) is 3.20. The summed E-state index contributed by atoms with van der Waals surface area (Å²) in [6, 6.07) is 8.02. The third kappa shape index (κ3) is 4.45. The van der Waals surface area contributed by atoms with Crippen LogP contribution in [0.5, 0.6) is 5.75 Å². The molecule has 0 fully saturated rings. The second-order valence-electron chi connectivity index (χ2n) is 8.01. The van der Waals surface area contributed by atoms with Crippen LogP contribution in [0.3, 0.4) is 0 Å². The van der Waals surface area contributed by atoms with Gasteiger partial charge in [-0.2, -0.15) is 0 Å². The van der Waals surface area contributed by atoms with Crippen LogP contribution in [0.15, 0.2) is 60.3 Å². The first kappa shape index (κ1) is 20.7. The zero-order chi connectivity index (χ0) is 21.3. The molecule has 1 aromatic carbocycles. The molecule has 154 valence electrons. The molecule has 0 saturated carbocycles. The second-order valence-corrected chi connectivity index (χ2v) is 10.3. The topological polar surface area (TPSA) is 52.8 Å². The third-order valence-electron chi connectivity index (χ3n) is 4.44. The van der Waals surface area contributed by atoms with Gasteiger partial charge in [-0.25, -0.2) is 9.97 Å². The lowest BCUT2D eigenvalue weighted by Crippen LogP contribution is -2.09. The molecule has 3 heterocycles. The Balaban J connectivity index is 1.71. The first-order chi connectivity index (χ1) is 14.3. The maximum Gasteiger partial charge on any atom is 0.146 e. The first-order valence-corrected chi connectivity index (χ1v) is 10.8. The summed E-state index contributed by atoms with van der Waals surface area (Å²) in [5.74, 6) is 0.720. The summed E-state index contributed by atoms with van der Waals surface area (Å²) >= 11 is 8.21. The number of aromatic nitrogens is 4. The quantitative estimate of drug-likeness (QED) is 0.345. The number of ether oxygens (including phenoxy) is 1. The van der Waals surface area contributed by atoms with Gasteiger partial charge in [0.25, 0.3) is 0 Å². The van der Waals surface area contributed by atoms with E-state index in [1.807, 2.05) is 48.1 Å². The van der Waals surface area contributed by atoms with E-state index in [1.165, 1.54) is 0 Å². The Labute approximate surface area is 185 Å². The SMILES string of the molecule is Cc1cc(-n2ccnc2)c2cccc(OCc3c(Cl)cncc3SC(C)(C)C)c2n1. The molecule has 0 bridgehead atoms. The number of hydrogen-bond donors (Lipinski definition) is 0. The molecule has 0 radical (unpaired) electrons. The minimum Gasteiger partial charge on any atom is -0.487 e. The van der Waals surface area contributed by atoms with Crippen molar-refractivity contribution in [1.29, 1.82) is 0 Å². The lowest BCUT2D eigenvalue weighted by Gasteiger charge is -2.20. The van der Waals surface area contributed by atoms with E-state index in [4.69, 9.17) is 21.3 Å². The number of halogens is 1. The monoisotopic (exact) mass is 438 g/mol. The lowest BCUT2D eigenvalue weighted by molar-refractivity contribution is 0.306. The number of benzene rings is 1. The number of hydrogen-bond acceptors (Lipinski definition) is 5. The smallest absolute Gasteiger partial charge is 0.146 e. The molecule has 0 saturated heterocycles. The van der Waals surface area contributed by atoms with E-state index in [-0.39, 0.29) is 4.75 Å². The highest BCUT2D eigenvalue weighted by Gasteiger charge is 2.18. The number of fused-ring (bicyclic) bond motifs is 1. The molecule has 0 amide bonds. The summed E-state index contributed by atoms with van der Waals surface area (Å²) < 4.78 is 8.28. The minimum atomic E-state index is 0.0406. The van der Waals surface area contributed by atoms with Crippen molar-refractivity contribution in [1.82, 2.24) is 19.5 Å². The molecule has 7 heteroatoms. The predicted molar refractivity (Wildman–Crippen MR) is 123 cm³/mol. The maximum absolute atomic E-state index is 6.48. The molecule has 3 aromatic heterocycles.